The summed E-state index contributed by atoms with van der Waals surface area (Å²) in [5.41, 5.74) is 0.704. The molecule has 1 aliphatic rings. The zero-order valence-electron chi connectivity index (χ0n) is 19.3. The second-order valence-electron chi connectivity index (χ2n) is 7.61. The maximum Gasteiger partial charge on any atom is 0.319 e. The third-order valence-corrected chi connectivity index (χ3v) is 6.63. The summed E-state index contributed by atoms with van der Waals surface area (Å²) < 4.78 is 31.2. The first-order valence-corrected chi connectivity index (χ1v) is 12.6. The summed E-state index contributed by atoms with van der Waals surface area (Å²) in [5.74, 6) is 1.09. The molecule has 0 saturated carbocycles. The number of hydrogen-bond donors (Lipinski definition) is 3. The summed E-state index contributed by atoms with van der Waals surface area (Å²) in [6.07, 6.45) is 1.94. The lowest BCUT2D eigenvalue weighted by molar-refractivity contribution is -0.131. The van der Waals surface area contributed by atoms with Crippen LogP contribution in [0.2, 0.25) is 0 Å². The molecule has 0 radical (unpaired) electrons. The van der Waals surface area contributed by atoms with Crippen molar-refractivity contribution in [3.05, 3.63) is 42.6 Å². The zero-order valence-corrected chi connectivity index (χ0v) is 20.1. The highest BCUT2D eigenvalue weighted by atomic mass is 32.2. The van der Waals surface area contributed by atoms with Crippen molar-refractivity contribution in [3.8, 4) is 5.75 Å². The van der Waals surface area contributed by atoms with Gasteiger partial charge >= 0.3 is 6.03 Å². The van der Waals surface area contributed by atoms with Gasteiger partial charge in [0.25, 0.3) is 0 Å². The number of pyridine rings is 1. The van der Waals surface area contributed by atoms with Crippen molar-refractivity contribution in [1.82, 2.24) is 15.2 Å². The molecule has 1 aromatic heterocycles. The molecule has 0 spiro atoms. The molecule has 0 bridgehead atoms. The van der Waals surface area contributed by atoms with Gasteiger partial charge in [-0.05, 0) is 31.2 Å². The smallest absolute Gasteiger partial charge is 0.319 e. The lowest BCUT2D eigenvalue weighted by Gasteiger charge is -2.35. The monoisotopic (exact) mass is 490 g/mol. The van der Waals surface area contributed by atoms with E-state index in [1.54, 1.807) is 17.2 Å². The molecule has 1 saturated heterocycles. The van der Waals surface area contributed by atoms with Crippen LogP contribution in [0.4, 0.5) is 22.0 Å². The lowest BCUT2D eigenvalue weighted by atomic mass is 10.2. The molecule has 1 aliphatic heterocycles. The number of aromatic nitrogens is 1. The predicted molar refractivity (Wildman–Crippen MR) is 131 cm³/mol. The largest absolute Gasteiger partial charge is 0.494 e. The number of rotatable bonds is 9. The van der Waals surface area contributed by atoms with E-state index in [1.807, 2.05) is 18.2 Å². The molecule has 1 aromatic carbocycles. The molecular formula is C22H30N6O5S. The summed E-state index contributed by atoms with van der Waals surface area (Å²) in [6, 6.07) is 9.87. The Bertz CT molecular complexity index is 1090. The maximum absolute atomic E-state index is 12.5. The third-order valence-electron chi connectivity index (χ3n) is 5.33. The topological polar surface area (TPSA) is 133 Å². The minimum Gasteiger partial charge on any atom is -0.494 e. The quantitative estimate of drug-likeness (QED) is 0.487. The van der Waals surface area contributed by atoms with Crippen molar-refractivity contribution >= 4 is 39.2 Å². The number of piperazine rings is 1. The number of anilines is 3. The number of urea groups is 1. The Balaban J connectivity index is 1.42. The maximum atomic E-state index is 12.5. The molecule has 3 rings (SSSR count). The highest BCUT2D eigenvalue weighted by Gasteiger charge is 2.21. The van der Waals surface area contributed by atoms with E-state index in [0.717, 1.165) is 5.82 Å². The molecule has 12 heteroatoms. The van der Waals surface area contributed by atoms with Gasteiger partial charge in [-0.25, -0.2) is 18.2 Å². The molecule has 0 unspecified atom stereocenters. The minimum absolute atomic E-state index is 0.0183. The minimum atomic E-state index is -3.46. The van der Waals surface area contributed by atoms with E-state index in [9.17, 15) is 18.0 Å². The molecule has 3 amide bonds. The van der Waals surface area contributed by atoms with Crippen molar-refractivity contribution in [1.29, 1.82) is 0 Å². The van der Waals surface area contributed by atoms with Crippen molar-refractivity contribution in [2.75, 3.05) is 60.5 Å². The van der Waals surface area contributed by atoms with Gasteiger partial charge in [-0.2, -0.15) is 0 Å². The number of sulfonamides is 1. The average molecular weight is 491 g/mol. The molecule has 184 valence electrons. The molecule has 0 atom stereocenters. The van der Waals surface area contributed by atoms with Crippen LogP contribution in [0.3, 0.4) is 0 Å². The Morgan fingerprint density at radius 2 is 1.88 bits per heavy atom. The van der Waals surface area contributed by atoms with Crippen molar-refractivity contribution in [3.63, 3.8) is 0 Å². The van der Waals surface area contributed by atoms with Gasteiger partial charge in [0.2, 0.25) is 15.9 Å². The third kappa shape index (κ3) is 6.98. The normalized spacial score (nSPS) is 13.8. The second-order valence-corrected chi connectivity index (χ2v) is 9.62. The summed E-state index contributed by atoms with van der Waals surface area (Å²) in [7, 11) is -2.05. The highest BCUT2D eigenvalue weighted by Crippen LogP contribution is 2.28. The fraction of sp³-hybridized carbons (Fsp3) is 0.409. The molecule has 2 aromatic rings. The molecule has 2 heterocycles. The first-order chi connectivity index (χ1) is 16.3. The van der Waals surface area contributed by atoms with Gasteiger partial charge in [0.05, 0.1) is 18.6 Å². The molecule has 34 heavy (non-hydrogen) atoms. The molecular weight excluding hydrogens is 460 g/mol. The molecule has 3 N–H and O–H groups in total. The standard InChI is InChI=1S/C22H30N6O5S/c1-3-34(31,32)26-18-8-7-17(16-19(18)33-2)25-22(30)24-11-9-21(29)28-14-12-27(13-15-28)20-6-4-5-10-23-20/h4-8,10,16,26H,3,9,11-15H2,1-2H3,(H2,24,25,30). The average Bonchev–Trinajstić information content (AvgIpc) is 2.85. The Hall–Kier alpha value is -3.54. The number of nitrogens with zero attached hydrogens (tertiary/aromatic N) is 3. The van der Waals surface area contributed by atoms with E-state index in [2.05, 4.69) is 25.2 Å². The van der Waals surface area contributed by atoms with E-state index < -0.39 is 16.1 Å². The highest BCUT2D eigenvalue weighted by molar-refractivity contribution is 7.92. The van der Waals surface area contributed by atoms with E-state index in [4.69, 9.17) is 4.74 Å². The Labute approximate surface area is 199 Å². The van der Waals surface area contributed by atoms with Crippen molar-refractivity contribution < 1.29 is 22.7 Å². The number of carbonyl (C=O) groups excluding carboxylic acids is 2. The van der Waals surface area contributed by atoms with Gasteiger partial charge in [0.15, 0.2) is 0 Å². The van der Waals surface area contributed by atoms with Gasteiger partial charge in [0.1, 0.15) is 11.6 Å². The van der Waals surface area contributed by atoms with Crippen molar-refractivity contribution in [2.45, 2.75) is 13.3 Å². The lowest BCUT2D eigenvalue weighted by Crippen LogP contribution is -2.49. The Kier molecular flexibility index (Phi) is 8.52. The fourth-order valence-corrected chi connectivity index (χ4v) is 4.08. The van der Waals surface area contributed by atoms with Crippen LogP contribution >= 0.6 is 0 Å². The van der Waals surface area contributed by atoms with Gasteiger partial charge in [-0.3, -0.25) is 9.52 Å². The van der Waals surface area contributed by atoms with E-state index >= 15 is 0 Å². The van der Waals surface area contributed by atoms with Crippen LogP contribution in [0.25, 0.3) is 0 Å². The summed E-state index contributed by atoms with van der Waals surface area (Å²) in [6.45, 7) is 4.36. The van der Waals surface area contributed by atoms with Crippen LogP contribution in [0, 0.1) is 0 Å². The second kappa shape index (κ2) is 11.5. The Morgan fingerprint density at radius 3 is 2.53 bits per heavy atom. The summed E-state index contributed by atoms with van der Waals surface area (Å²) in [4.78, 5) is 33.0. The van der Waals surface area contributed by atoms with Crippen LogP contribution in [-0.4, -0.2) is 75.8 Å². The van der Waals surface area contributed by atoms with Crippen LogP contribution in [0.1, 0.15) is 13.3 Å². The van der Waals surface area contributed by atoms with Gasteiger partial charge in [0, 0.05) is 57.1 Å². The molecule has 1 fully saturated rings. The number of nitrogens with one attached hydrogen (secondary N) is 3. The Morgan fingerprint density at radius 1 is 1.12 bits per heavy atom. The van der Waals surface area contributed by atoms with E-state index in [0.29, 0.717) is 31.9 Å². The van der Waals surface area contributed by atoms with Crippen LogP contribution in [0.5, 0.6) is 5.75 Å². The number of benzene rings is 1. The zero-order chi connectivity index (χ0) is 24.6. The van der Waals surface area contributed by atoms with E-state index in [-0.39, 0.29) is 36.1 Å². The summed E-state index contributed by atoms with van der Waals surface area (Å²) in [5, 5.41) is 5.32. The molecule has 11 nitrogen and oxygen atoms in total. The van der Waals surface area contributed by atoms with Crippen LogP contribution in [-0.2, 0) is 14.8 Å². The number of ether oxygens (including phenoxy) is 1. The number of methoxy groups -OCH3 is 1. The number of carbonyl (C=O) groups is 2. The van der Waals surface area contributed by atoms with E-state index in [1.165, 1.54) is 26.2 Å². The molecule has 0 aliphatic carbocycles. The summed E-state index contributed by atoms with van der Waals surface area (Å²) >= 11 is 0. The first-order valence-electron chi connectivity index (χ1n) is 11.0. The van der Waals surface area contributed by atoms with Crippen LogP contribution < -0.4 is 25.0 Å². The number of hydrogen-bond acceptors (Lipinski definition) is 7. The fourth-order valence-electron chi connectivity index (χ4n) is 3.44. The SMILES string of the molecule is CCS(=O)(=O)Nc1ccc(NC(=O)NCCC(=O)N2CCN(c3ccccn3)CC2)cc1OC. The van der Waals surface area contributed by atoms with Crippen molar-refractivity contribution in [2.24, 2.45) is 0 Å². The first kappa shape index (κ1) is 25.1. The predicted octanol–water partition coefficient (Wildman–Crippen LogP) is 1.71. The van der Waals surface area contributed by atoms with Gasteiger partial charge in [-0.1, -0.05) is 6.07 Å². The van der Waals surface area contributed by atoms with Gasteiger partial charge < -0.3 is 25.2 Å². The van der Waals surface area contributed by atoms with Crippen LogP contribution in [0.15, 0.2) is 42.6 Å². The van der Waals surface area contributed by atoms with Gasteiger partial charge in [-0.15, -0.1) is 0 Å². The number of amides is 3.